The first-order valence-electron chi connectivity index (χ1n) is 12.4. The van der Waals surface area contributed by atoms with E-state index in [-0.39, 0.29) is 0 Å². The van der Waals surface area contributed by atoms with Crippen LogP contribution < -0.4 is 4.74 Å². The number of carbonyl (C=O) groups is 2. The van der Waals surface area contributed by atoms with Crippen LogP contribution in [0.25, 0.3) is 0 Å². The molecule has 0 spiro atoms. The highest BCUT2D eigenvalue weighted by molar-refractivity contribution is 5.82. The van der Waals surface area contributed by atoms with Crippen LogP contribution in [0, 0.1) is 11.8 Å². The van der Waals surface area contributed by atoms with Gasteiger partial charge in [0.2, 0.25) is 0 Å². The lowest BCUT2D eigenvalue weighted by atomic mass is 9.81. The zero-order chi connectivity index (χ0) is 24.1. The van der Waals surface area contributed by atoms with E-state index in [1.54, 1.807) is 18.2 Å². The second kappa shape index (κ2) is 14.9. The maximum absolute atomic E-state index is 12.3. The number of benzene rings is 1. The second-order valence-corrected chi connectivity index (χ2v) is 9.75. The van der Waals surface area contributed by atoms with Crippen LogP contribution in [0.15, 0.2) is 18.2 Å². The maximum atomic E-state index is 12.3. The third kappa shape index (κ3) is 9.62. The minimum Gasteiger partial charge on any atom is -0.493 e. The molecule has 0 bridgehead atoms. The van der Waals surface area contributed by atoms with Crippen LogP contribution in [-0.4, -0.2) is 28.8 Å². The van der Waals surface area contributed by atoms with Crippen LogP contribution in [0.3, 0.4) is 0 Å². The first-order valence-corrected chi connectivity index (χ1v) is 12.4. The molecular weight excluding hydrogens is 404 g/mol. The average molecular weight is 449 g/mol. The van der Waals surface area contributed by atoms with Crippen LogP contribution in [-0.2, 0) is 9.59 Å². The molecule has 2 unspecified atom stereocenters. The van der Waals surface area contributed by atoms with Gasteiger partial charge in [-0.05, 0) is 55.6 Å². The number of ether oxygens (including phenoxy) is 1. The number of hydrogen-bond acceptors (Lipinski definition) is 3. The fourth-order valence-corrected chi connectivity index (χ4v) is 4.05. The van der Waals surface area contributed by atoms with Gasteiger partial charge in [0.15, 0.2) is 0 Å². The second-order valence-electron chi connectivity index (χ2n) is 9.75. The molecule has 0 aliphatic rings. The molecule has 1 aromatic carbocycles. The summed E-state index contributed by atoms with van der Waals surface area (Å²) in [6.07, 6.45) is 7.99. The standard InChI is InChI=1S/C27H44O5/c1-6-7-8-9-10-18-32-24-13-11-12-21(22(26(28)29)16-14-19(2)3)25(24)23(27(30)31)17-15-20(4)5/h11-13,19-20,22-23H,6-10,14-18H2,1-5H3,(H,28,29)(H,30,31). The normalized spacial score (nSPS) is 13.3. The smallest absolute Gasteiger partial charge is 0.311 e. The van der Waals surface area contributed by atoms with E-state index in [1.807, 2.05) is 0 Å². The van der Waals surface area contributed by atoms with Crippen molar-refractivity contribution in [2.24, 2.45) is 11.8 Å². The summed E-state index contributed by atoms with van der Waals surface area (Å²) < 4.78 is 6.10. The zero-order valence-electron chi connectivity index (χ0n) is 20.7. The van der Waals surface area contributed by atoms with Gasteiger partial charge in [-0.1, -0.05) is 72.4 Å². The molecule has 5 nitrogen and oxygen atoms in total. The van der Waals surface area contributed by atoms with E-state index in [0.717, 1.165) is 32.1 Å². The summed E-state index contributed by atoms with van der Waals surface area (Å²) in [5.74, 6) is -2.06. The summed E-state index contributed by atoms with van der Waals surface area (Å²) in [7, 11) is 0. The predicted molar refractivity (Wildman–Crippen MR) is 130 cm³/mol. The number of carboxylic acid groups (broad SMARTS) is 2. The van der Waals surface area contributed by atoms with E-state index in [0.29, 0.717) is 48.2 Å². The summed E-state index contributed by atoms with van der Waals surface area (Å²) in [6.45, 7) is 11.0. The van der Waals surface area contributed by atoms with Crippen molar-refractivity contribution in [2.75, 3.05) is 6.61 Å². The maximum Gasteiger partial charge on any atom is 0.311 e. The van der Waals surface area contributed by atoms with E-state index in [2.05, 4.69) is 34.6 Å². The van der Waals surface area contributed by atoms with Crippen molar-refractivity contribution in [1.82, 2.24) is 0 Å². The molecule has 0 radical (unpaired) electrons. The highest BCUT2D eigenvalue weighted by atomic mass is 16.5. The van der Waals surface area contributed by atoms with Crippen LogP contribution in [0.4, 0.5) is 0 Å². The number of unbranched alkanes of at least 4 members (excludes halogenated alkanes) is 4. The lowest BCUT2D eigenvalue weighted by molar-refractivity contribution is -0.140. The van der Waals surface area contributed by atoms with Crippen molar-refractivity contribution in [2.45, 2.75) is 104 Å². The molecule has 0 saturated heterocycles. The minimum absolute atomic E-state index is 0.364. The molecule has 2 N–H and O–H groups in total. The van der Waals surface area contributed by atoms with E-state index in [1.165, 1.54) is 12.8 Å². The average Bonchev–Trinajstić information content (AvgIpc) is 2.71. The molecular formula is C27H44O5. The van der Waals surface area contributed by atoms with E-state index in [4.69, 9.17) is 4.74 Å². The quantitative estimate of drug-likeness (QED) is 0.245. The van der Waals surface area contributed by atoms with Gasteiger partial charge in [0.05, 0.1) is 18.4 Å². The molecule has 32 heavy (non-hydrogen) atoms. The van der Waals surface area contributed by atoms with Gasteiger partial charge in [-0.15, -0.1) is 0 Å². The van der Waals surface area contributed by atoms with Crippen molar-refractivity contribution >= 4 is 11.9 Å². The monoisotopic (exact) mass is 448 g/mol. The molecule has 182 valence electrons. The Kier molecular flexibility index (Phi) is 13.0. The Labute approximate surface area is 194 Å². The molecule has 0 heterocycles. The van der Waals surface area contributed by atoms with Gasteiger partial charge in [-0.2, -0.15) is 0 Å². The third-order valence-corrected chi connectivity index (χ3v) is 5.99. The Bertz CT molecular complexity index is 695. The Morgan fingerprint density at radius 2 is 1.38 bits per heavy atom. The molecule has 0 saturated carbocycles. The van der Waals surface area contributed by atoms with E-state index < -0.39 is 23.8 Å². The van der Waals surface area contributed by atoms with Crippen LogP contribution in [0.1, 0.15) is 115 Å². The predicted octanol–water partition coefficient (Wildman–Crippen LogP) is 7.24. The van der Waals surface area contributed by atoms with Crippen LogP contribution in [0.5, 0.6) is 5.75 Å². The molecule has 0 amide bonds. The molecule has 0 aromatic heterocycles. The number of carboxylic acids is 2. The number of rotatable bonds is 17. The first kappa shape index (κ1) is 28.0. The molecule has 0 aliphatic heterocycles. The Balaban J connectivity index is 3.31. The van der Waals surface area contributed by atoms with E-state index >= 15 is 0 Å². The molecule has 0 aliphatic carbocycles. The van der Waals surface area contributed by atoms with Gasteiger partial charge < -0.3 is 14.9 Å². The number of aliphatic carboxylic acids is 2. The zero-order valence-corrected chi connectivity index (χ0v) is 20.7. The fraction of sp³-hybridized carbons (Fsp3) is 0.704. The van der Waals surface area contributed by atoms with Gasteiger partial charge in [0, 0.05) is 5.56 Å². The lowest BCUT2D eigenvalue weighted by Gasteiger charge is -2.25. The topological polar surface area (TPSA) is 83.8 Å². The molecule has 2 atom stereocenters. The highest BCUT2D eigenvalue weighted by Gasteiger charge is 2.32. The van der Waals surface area contributed by atoms with Crippen molar-refractivity contribution in [3.63, 3.8) is 0 Å². The van der Waals surface area contributed by atoms with Crippen molar-refractivity contribution < 1.29 is 24.5 Å². The van der Waals surface area contributed by atoms with Crippen molar-refractivity contribution in [3.05, 3.63) is 29.3 Å². The van der Waals surface area contributed by atoms with Crippen molar-refractivity contribution in [3.8, 4) is 5.75 Å². The summed E-state index contributed by atoms with van der Waals surface area (Å²) in [6, 6.07) is 5.39. The van der Waals surface area contributed by atoms with Crippen molar-refractivity contribution in [1.29, 1.82) is 0 Å². The summed E-state index contributed by atoms with van der Waals surface area (Å²) in [5.41, 5.74) is 1.16. The van der Waals surface area contributed by atoms with Gasteiger partial charge >= 0.3 is 11.9 Å². The Morgan fingerprint density at radius 1 is 0.812 bits per heavy atom. The van der Waals surface area contributed by atoms with Gasteiger partial charge in [-0.3, -0.25) is 9.59 Å². The SMILES string of the molecule is CCCCCCCOc1cccc(C(CCC(C)C)C(=O)O)c1C(CCC(C)C)C(=O)O. The lowest BCUT2D eigenvalue weighted by Crippen LogP contribution is -2.21. The highest BCUT2D eigenvalue weighted by Crippen LogP contribution is 2.39. The molecule has 1 aromatic rings. The van der Waals surface area contributed by atoms with Gasteiger partial charge in [0.1, 0.15) is 5.75 Å². The van der Waals surface area contributed by atoms with E-state index in [9.17, 15) is 19.8 Å². The summed E-state index contributed by atoms with van der Waals surface area (Å²) in [5, 5.41) is 20.1. The van der Waals surface area contributed by atoms with Crippen LogP contribution >= 0.6 is 0 Å². The van der Waals surface area contributed by atoms with Crippen LogP contribution in [0.2, 0.25) is 0 Å². The molecule has 0 fully saturated rings. The summed E-state index contributed by atoms with van der Waals surface area (Å²) in [4.78, 5) is 24.5. The number of hydrogen-bond donors (Lipinski definition) is 2. The third-order valence-electron chi connectivity index (χ3n) is 5.99. The Hall–Kier alpha value is -2.04. The summed E-state index contributed by atoms with van der Waals surface area (Å²) >= 11 is 0. The first-order chi connectivity index (χ1) is 15.2. The fourth-order valence-electron chi connectivity index (χ4n) is 4.05. The van der Waals surface area contributed by atoms with Gasteiger partial charge in [0.25, 0.3) is 0 Å². The Morgan fingerprint density at radius 3 is 1.91 bits per heavy atom. The largest absolute Gasteiger partial charge is 0.493 e. The minimum atomic E-state index is -0.918. The molecule has 1 rings (SSSR count). The molecule has 5 heteroatoms. The van der Waals surface area contributed by atoms with Gasteiger partial charge in [-0.25, -0.2) is 0 Å².